The molecule has 24 heavy (non-hydrogen) atoms. The number of guanidine groups is 1. The number of hydrogen-bond donors (Lipinski definition) is 2. The number of aromatic nitrogens is 1. The molecule has 0 atom stereocenters. The molecule has 1 aromatic carbocycles. The van der Waals surface area contributed by atoms with Gasteiger partial charge in [0.05, 0.1) is 5.01 Å². The molecule has 132 valence electrons. The van der Waals surface area contributed by atoms with Crippen LogP contribution in [0.3, 0.4) is 0 Å². The highest BCUT2D eigenvalue weighted by molar-refractivity contribution is 14.0. The van der Waals surface area contributed by atoms with E-state index in [1.54, 1.807) is 18.4 Å². The van der Waals surface area contributed by atoms with E-state index in [4.69, 9.17) is 11.6 Å². The van der Waals surface area contributed by atoms with Crippen molar-refractivity contribution in [3.63, 3.8) is 0 Å². The van der Waals surface area contributed by atoms with Crippen LogP contribution in [-0.4, -0.2) is 31.1 Å². The number of aliphatic imine (C=N–C) groups is 1. The van der Waals surface area contributed by atoms with Gasteiger partial charge in [-0.05, 0) is 30.5 Å². The summed E-state index contributed by atoms with van der Waals surface area (Å²) in [5, 5.41) is 8.59. The normalized spacial score (nSPS) is 11.0. The maximum absolute atomic E-state index is 5.99. The number of aryl methyl sites for hydroxylation is 1. The molecule has 4 nitrogen and oxygen atoms in total. The minimum atomic E-state index is 0. The molecule has 0 amide bonds. The second-order valence-electron chi connectivity index (χ2n) is 5.13. The lowest BCUT2D eigenvalue weighted by molar-refractivity contribution is 0.782. The highest BCUT2D eigenvalue weighted by Crippen LogP contribution is 2.13. The topological polar surface area (TPSA) is 49.3 Å². The van der Waals surface area contributed by atoms with Gasteiger partial charge in [-0.1, -0.05) is 30.7 Å². The number of nitrogens with zero attached hydrogens (tertiary/aromatic N) is 2. The van der Waals surface area contributed by atoms with Gasteiger partial charge in [-0.15, -0.1) is 35.3 Å². The van der Waals surface area contributed by atoms with Gasteiger partial charge in [-0.3, -0.25) is 4.99 Å². The first-order valence-electron chi connectivity index (χ1n) is 7.83. The Balaban J connectivity index is 0.00000288. The Kier molecular flexibility index (Phi) is 10.3. The quantitative estimate of drug-likeness (QED) is 0.360. The molecule has 0 fully saturated rings. The van der Waals surface area contributed by atoms with E-state index in [-0.39, 0.29) is 24.0 Å². The lowest BCUT2D eigenvalue weighted by atomic mass is 10.1. The predicted molar refractivity (Wildman–Crippen MR) is 115 cm³/mol. The Bertz CT molecular complexity index is 645. The Hall–Kier alpha value is -0.860. The van der Waals surface area contributed by atoms with Gasteiger partial charge in [0, 0.05) is 42.7 Å². The number of rotatable bonds is 7. The Labute approximate surface area is 170 Å². The van der Waals surface area contributed by atoms with Gasteiger partial charge in [-0.2, -0.15) is 0 Å². The van der Waals surface area contributed by atoms with Crippen LogP contribution >= 0.6 is 46.9 Å². The van der Waals surface area contributed by atoms with Crippen LogP contribution < -0.4 is 10.6 Å². The third kappa shape index (κ3) is 7.36. The van der Waals surface area contributed by atoms with E-state index in [0.717, 1.165) is 43.3 Å². The van der Waals surface area contributed by atoms with Crippen molar-refractivity contribution in [3.8, 4) is 0 Å². The first-order valence-corrected chi connectivity index (χ1v) is 9.03. The number of benzene rings is 1. The molecule has 2 aromatic rings. The standard InChI is InChI=1S/C17H23ClN4S.HI/c1-3-15-12-22-16(23-15)8-10-21-17(19-2)20-9-7-13-5-4-6-14(18)11-13;/h4-6,11-12H,3,7-10H2,1-2H3,(H2,19,20,21);1H. The monoisotopic (exact) mass is 478 g/mol. The van der Waals surface area contributed by atoms with Crippen molar-refractivity contribution in [1.29, 1.82) is 0 Å². The zero-order chi connectivity index (χ0) is 16.5. The van der Waals surface area contributed by atoms with E-state index in [0.29, 0.717) is 0 Å². The molecule has 0 unspecified atom stereocenters. The summed E-state index contributed by atoms with van der Waals surface area (Å²) in [4.78, 5) is 10.0. The average Bonchev–Trinajstić information content (AvgIpc) is 3.01. The fraction of sp³-hybridized carbons (Fsp3) is 0.412. The van der Waals surface area contributed by atoms with Crippen LogP contribution in [0.5, 0.6) is 0 Å². The fourth-order valence-electron chi connectivity index (χ4n) is 2.15. The van der Waals surface area contributed by atoms with Gasteiger partial charge in [0.15, 0.2) is 5.96 Å². The van der Waals surface area contributed by atoms with Gasteiger partial charge in [0.1, 0.15) is 0 Å². The molecule has 2 N–H and O–H groups in total. The lowest BCUT2D eigenvalue weighted by Gasteiger charge is -2.11. The summed E-state index contributed by atoms with van der Waals surface area (Å²) in [6.45, 7) is 3.80. The van der Waals surface area contributed by atoms with Crippen LogP contribution in [0, 0.1) is 0 Å². The van der Waals surface area contributed by atoms with E-state index in [1.807, 2.05) is 24.4 Å². The van der Waals surface area contributed by atoms with Crippen molar-refractivity contribution >= 4 is 52.9 Å². The molecule has 0 bridgehead atoms. The summed E-state index contributed by atoms with van der Waals surface area (Å²) in [6, 6.07) is 7.94. The van der Waals surface area contributed by atoms with Crippen LogP contribution in [0.1, 0.15) is 22.4 Å². The molecule has 0 spiro atoms. The molecule has 0 saturated carbocycles. The fourth-order valence-corrected chi connectivity index (χ4v) is 3.23. The molecule has 1 heterocycles. The van der Waals surface area contributed by atoms with E-state index in [1.165, 1.54) is 15.4 Å². The van der Waals surface area contributed by atoms with Crippen molar-refractivity contribution < 1.29 is 0 Å². The zero-order valence-electron chi connectivity index (χ0n) is 14.0. The summed E-state index contributed by atoms with van der Waals surface area (Å²) in [7, 11) is 1.79. The minimum Gasteiger partial charge on any atom is -0.356 e. The van der Waals surface area contributed by atoms with Gasteiger partial charge in [0.2, 0.25) is 0 Å². The molecule has 0 radical (unpaired) electrons. The maximum atomic E-state index is 5.99. The molecular formula is C17H24ClIN4S. The Morgan fingerprint density at radius 2 is 2.00 bits per heavy atom. The number of halogens is 2. The third-order valence-corrected chi connectivity index (χ3v) is 4.84. The second kappa shape index (κ2) is 11.7. The van der Waals surface area contributed by atoms with E-state index in [9.17, 15) is 0 Å². The van der Waals surface area contributed by atoms with Crippen molar-refractivity contribution in [3.05, 3.63) is 50.9 Å². The summed E-state index contributed by atoms with van der Waals surface area (Å²) >= 11 is 7.78. The minimum absolute atomic E-state index is 0. The van der Waals surface area contributed by atoms with Crippen molar-refractivity contribution in [1.82, 2.24) is 15.6 Å². The van der Waals surface area contributed by atoms with Crippen molar-refractivity contribution in [2.75, 3.05) is 20.1 Å². The van der Waals surface area contributed by atoms with Gasteiger partial charge < -0.3 is 10.6 Å². The van der Waals surface area contributed by atoms with Crippen molar-refractivity contribution in [2.24, 2.45) is 4.99 Å². The number of nitrogens with one attached hydrogen (secondary N) is 2. The molecule has 0 saturated heterocycles. The molecule has 0 aliphatic heterocycles. The Morgan fingerprint density at radius 1 is 1.25 bits per heavy atom. The van der Waals surface area contributed by atoms with Crippen LogP contribution in [0.4, 0.5) is 0 Å². The van der Waals surface area contributed by atoms with E-state index >= 15 is 0 Å². The summed E-state index contributed by atoms with van der Waals surface area (Å²) in [5.41, 5.74) is 1.22. The molecule has 0 aliphatic rings. The first kappa shape index (κ1) is 21.2. The van der Waals surface area contributed by atoms with Crippen LogP contribution in [0.2, 0.25) is 5.02 Å². The summed E-state index contributed by atoms with van der Waals surface area (Å²) in [5.74, 6) is 0.819. The second-order valence-corrected chi connectivity index (χ2v) is 6.77. The van der Waals surface area contributed by atoms with E-state index in [2.05, 4.69) is 33.6 Å². The highest BCUT2D eigenvalue weighted by Gasteiger charge is 2.02. The number of thiazole rings is 1. The maximum Gasteiger partial charge on any atom is 0.191 e. The molecule has 0 aliphatic carbocycles. The summed E-state index contributed by atoms with van der Waals surface area (Å²) in [6.07, 6.45) is 4.85. The lowest BCUT2D eigenvalue weighted by Crippen LogP contribution is -2.39. The largest absolute Gasteiger partial charge is 0.356 e. The first-order chi connectivity index (χ1) is 11.2. The van der Waals surface area contributed by atoms with Crippen LogP contribution in [-0.2, 0) is 19.3 Å². The van der Waals surface area contributed by atoms with Crippen molar-refractivity contribution in [2.45, 2.75) is 26.2 Å². The molecule has 1 aromatic heterocycles. The molecular weight excluding hydrogens is 455 g/mol. The molecule has 7 heteroatoms. The SMILES string of the molecule is CCc1cnc(CCNC(=NC)NCCc2cccc(Cl)c2)s1.I. The van der Waals surface area contributed by atoms with Crippen LogP contribution in [0.15, 0.2) is 35.5 Å². The Morgan fingerprint density at radius 3 is 2.62 bits per heavy atom. The highest BCUT2D eigenvalue weighted by atomic mass is 127. The van der Waals surface area contributed by atoms with E-state index < -0.39 is 0 Å². The number of hydrogen-bond acceptors (Lipinski definition) is 3. The van der Waals surface area contributed by atoms with Crippen LogP contribution in [0.25, 0.3) is 0 Å². The third-order valence-electron chi connectivity index (χ3n) is 3.40. The predicted octanol–water partition coefficient (Wildman–Crippen LogP) is 3.93. The summed E-state index contributed by atoms with van der Waals surface area (Å²) < 4.78 is 0. The zero-order valence-corrected chi connectivity index (χ0v) is 17.9. The molecule has 2 rings (SSSR count). The average molecular weight is 479 g/mol. The van der Waals surface area contributed by atoms with Gasteiger partial charge in [-0.25, -0.2) is 4.98 Å². The smallest absolute Gasteiger partial charge is 0.191 e. The van der Waals surface area contributed by atoms with Gasteiger partial charge >= 0.3 is 0 Å². The van der Waals surface area contributed by atoms with Gasteiger partial charge in [0.25, 0.3) is 0 Å².